The van der Waals surface area contributed by atoms with Crippen LogP contribution in [0.25, 0.3) is 0 Å². The predicted molar refractivity (Wildman–Crippen MR) is 103 cm³/mol. The number of ether oxygens (including phenoxy) is 2. The van der Waals surface area contributed by atoms with Gasteiger partial charge in [-0.05, 0) is 45.4 Å². The van der Waals surface area contributed by atoms with Gasteiger partial charge in [-0.15, -0.1) is 0 Å². The Morgan fingerprint density at radius 1 is 1.23 bits per heavy atom. The number of fused-ring (bicyclic) bond motifs is 1. The molecule has 140 valence electrons. The van der Waals surface area contributed by atoms with E-state index in [1.165, 1.54) is 0 Å². The van der Waals surface area contributed by atoms with Crippen molar-refractivity contribution in [1.29, 1.82) is 0 Å². The minimum absolute atomic E-state index is 0.0292. The van der Waals surface area contributed by atoms with E-state index in [0.717, 1.165) is 32.7 Å². The van der Waals surface area contributed by atoms with Crippen LogP contribution >= 0.6 is 15.9 Å². The normalized spacial score (nSPS) is 15.5. The highest BCUT2D eigenvalue weighted by Gasteiger charge is 2.25. The third kappa shape index (κ3) is 3.45. The highest BCUT2D eigenvalue weighted by molar-refractivity contribution is 9.10. The molecule has 2 heterocycles. The van der Waals surface area contributed by atoms with Gasteiger partial charge < -0.3 is 14.8 Å². The second kappa shape index (κ2) is 7.31. The topological polar surface area (TPSA) is 65.4 Å². The van der Waals surface area contributed by atoms with E-state index in [9.17, 15) is 4.79 Å². The van der Waals surface area contributed by atoms with E-state index < -0.39 is 0 Å². The first-order valence-corrected chi connectivity index (χ1v) is 9.48. The number of aromatic nitrogens is 2. The van der Waals surface area contributed by atoms with Crippen LogP contribution in [-0.2, 0) is 11.8 Å². The van der Waals surface area contributed by atoms with E-state index in [2.05, 4.69) is 26.3 Å². The van der Waals surface area contributed by atoms with Gasteiger partial charge in [-0.2, -0.15) is 5.10 Å². The summed E-state index contributed by atoms with van der Waals surface area (Å²) in [5.74, 6) is 1.13. The van der Waals surface area contributed by atoms with Gasteiger partial charge in [0.1, 0.15) is 13.2 Å². The van der Waals surface area contributed by atoms with Crippen molar-refractivity contribution in [3.8, 4) is 11.5 Å². The minimum atomic E-state index is -0.276. The molecular weight excluding hydrogens is 398 g/mol. The number of rotatable bonds is 4. The number of carbonyl (C=O) groups is 1. The van der Waals surface area contributed by atoms with Crippen LogP contribution in [0.5, 0.6) is 11.5 Å². The van der Waals surface area contributed by atoms with E-state index in [0.29, 0.717) is 19.0 Å². The van der Waals surface area contributed by atoms with Crippen LogP contribution in [-0.4, -0.2) is 28.9 Å². The van der Waals surface area contributed by atoms with Crippen LogP contribution in [0.15, 0.2) is 16.6 Å². The summed E-state index contributed by atoms with van der Waals surface area (Å²) in [7, 11) is 1.89. The number of nitrogens with one attached hydrogen (secondary N) is 1. The van der Waals surface area contributed by atoms with E-state index in [4.69, 9.17) is 9.47 Å². The molecule has 2 aromatic rings. The molecule has 0 bridgehead atoms. The molecule has 1 amide bonds. The molecule has 0 radical (unpaired) electrons. The third-order valence-electron chi connectivity index (χ3n) is 4.88. The smallest absolute Gasteiger partial charge is 0.227 e. The second-order valence-corrected chi connectivity index (χ2v) is 7.53. The highest BCUT2D eigenvalue weighted by atomic mass is 79.9. The lowest BCUT2D eigenvalue weighted by Crippen LogP contribution is -2.31. The molecule has 2 atom stereocenters. The van der Waals surface area contributed by atoms with Gasteiger partial charge in [0, 0.05) is 22.8 Å². The molecule has 1 N–H and O–H groups in total. The number of amides is 1. The van der Waals surface area contributed by atoms with Crippen molar-refractivity contribution >= 4 is 21.8 Å². The van der Waals surface area contributed by atoms with Gasteiger partial charge in [-0.3, -0.25) is 9.48 Å². The molecule has 0 spiro atoms. The largest absolute Gasteiger partial charge is 0.486 e. The molecule has 1 aromatic heterocycles. The maximum Gasteiger partial charge on any atom is 0.227 e. The van der Waals surface area contributed by atoms with Crippen LogP contribution < -0.4 is 14.8 Å². The Morgan fingerprint density at radius 2 is 1.85 bits per heavy atom. The van der Waals surface area contributed by atoms with Gasteiger partial charge >= 0.3 is 0 Å². The summed E-state index contributed by atoms with van der Waals surface area (Å²) in [5, 5.41) is 7.52. The van der Waals surface area contributed by atoms with Crippen LogP contribution in [0.4, 0.5) is 0 Å². The van der Waals surface area contributed by atoms with Gasteiger partial charge in [-0.1, -0.05) is 15.9 Å². The standard InChI is InChI=1S/C19H24BrN3O3/c1-10(18-12(3)22-23(5)13(18)4)19(24)21-11(2)14-8-16-17(9-15(14)20)26-7-6-25-16/h8-11H,6-7H2,1-5H3,(H,21,24)/t10-,11+/m0/s1. The molecule has 3 rings (SSSR count). The molecule has 0 unspecified atom stereocenters. The summed E-state index contributed by atoms with van der Waals surface area (Å²) in [6.07, 6.45) is 0. The zero-order valence-electron chi connectivity index (χ0n) is 15.7. The van der Waals surface area contributed by atoms with Crippen LogP contribution in [0.2, 0.25) is 0 Å². The summed E-state index contributed by atoms with van der Waals surface area (Å²) in [6, 6.07) is 3.65. The number of hydrogen-bond acceptors (Lipinski definition) is 4. The van der Waals surface area contributed by atoms with Crippen molar-refractivity contribution in [3.05, 3.63) is 39.1 Å². The maximum absolute atomic E-state index is 12.8. The van der Waals surface area contributed by atoms with E-state index >= 15 is 0 Å². The fourth-order valence-electron chi connectivity index (χ4n) is 3.38. The first-order valence-electron chi connectivity index (χ1n) is 8.69. The van der Waals surface area contributed by atoms with Crippen molar-refractivity contribution in [1.82, 2.24) is 15.1 Å². The molecular formula is C19H24BrN3O3. The number of carbonyl (C=O) groups excluding carboxylic acids is 1. The number of benzene rings is 1. The van der Waals surface area contributed by atoms with Crippen molar-refractivity contribution < 1.29 is 14.3 Å². The summed E-state index contributed by atoms with van der Waals surface area (Å²) in [4.78, 5) is 12.8. The molecule has 0 aliphatic carbocycles. The summed E-state index contributed by atoms with van der Waals surface area (Å²) < 4.78 is 13.9. The molecule has 1 aliphatic heterocycles. The molecule has 26 heavy (non-hydrogen) atoms. The first-order chi connectivity index (χ1) is 12.3. The zero-order valence-corrected chi connectivity index (χ0v) is 17.3. The SMILES string of the molecule is Cc1nn(C)c(C)c1[C@H](C)C(=O)N[C@H](C)c1cc2c(cc1Br)OCCO2. The van der Waals surface area contributed by atoms with Crippen molar-refractivity contribution in [2.24, 2.45) is 7.05 Å². The van der Waals surface area contributed by atoms with Crippen LogP contribution in [0.3, 0.4) is 0 Å². The quantitative estimate of drug-likeness (QED) is 0.819. The summed E-state index contributed by atoms with van der Waals surface area (Å²) in [6.45, 7) is 8.88. The van der Waals surface area contributed by atoms with Gasteiger partial charge in [0.05, 0.1) is 17.7 Å². The Balaban J connectivity index is 1.79. The Kier molecular flexibility index (Phi) is 5.27. The number of aryl methyl sites for hydroxylation is 2. The molecule has 0 saturated carbocycles. The summed E-state index contributed by atoms with van der Waals surface area (Å²) >= 11 is 3.57. The lowest BCUT2D eigenvalue weighted by Gasteiger charge is -2.23. The Labute approximate surface area is 162 Å². The van der Waals surface area contributed by atoms with E-state index in [-0.39, 0.29) is 17.9 Å². The fourth-order valence-corrected chi connectivity index (χ4v) is 4.04. The molecule has 1 aromatic carbocycles. The van der Waals surface area contributed by atoms with Crippen LogP contribution in [0, 0.1) is 13.8 Å². The second-order valence-electron chi connectivity index (χ2n) is 6.68. The fraction of sp³-hybridized carbons (Fsp3) is 0.474. The number of hydrogen-bond donors (Lipinski definition) is 1. The molecule has 0 fully saturated rings. The highest BCUT2D eigenvalue weighted by Crippen LogP contribution is 2.38. The van der Waals surface area contributed by atoms with Gasteiger partial charge in [0.15, 0.2) is 11.5 Å². The van der Waals surface area contributed by atoms with Crippen molar-refractivity contribution in [2.75, 3.05) is 13.2 Å². The lowest BCUT2D eigenvalue weighted by atomic mass is 9.97. The molecule has 7 heteroatoms. The molecule has 0 saturated heterocycles. The predicted octanol–water partition coefficient (Wildman–Crippen LogP) is 3.55. The van der Waals surface area contributed by atoms with Crippen molar-refractivity contribution in [2.45, 2.75) is 39.7 Å². The van der Waals surface area contributed by atoms with Gasteiger partial charge in [0.2, 0.25) is 5.91 Å². The monoisotopic (exact) mass is 421 g/mol. The van der Waals surface area contributed by atoms with Crippen molar-refractivity contribution in [3.63, 3.8) is 0 Å². The first kappa shape index (κ1) is 18.8. The summed E-state index contributed by atoms with van der Waals surface area (Å²) in [5.41, 5.74) is 3.84. The lowest BCUT2D eigenvalue weighted by molar-refractivity contribution is -0.122. The van der Waals surface area contributed by atoms with E-state index in [1.54, 1.807) is 0 Å². The third-order valence-corrected chi connectivity index (χ3v) is 5.56. The Hall–Kier alpha value is -2.02. The number of halogens is 1. The van der Waals surface area contributed by atoms with Gasteiger partial charge in [-0.25, -0.2) is 0 Å². The average Bonchev–Trinajstić information content (AvgIpc) is 2.85. The minimum Gasteiger partial charge on any atom is -0.486 e. The van der Waals surface area contributed by atoms with E-state index in [1.807, 2.05) is 51.6 Å². The number of nitrogens with zero attached hydrogens (tertiary/aromatic N) is 2. The maximum atomic E-state index is 12.8. The molecule has 1 aliphatic rings. The van der Waals surface area contributed by atoms with Gasteiger partial charge in [0.25, 0.3) is 0 Å². The Morgan fingerprint density at radius 3 is 2.42 bits per heavy atom. The van der Waals surface area contributed by atoms with Crippen LogP contribution in [0.1, 0.15) is 48.3 Å². The average molecular weight is 422 g/mol. The molecule has 6 nitrogen and oxygen atoms in total. The zero-order chi connectivity index (χ0) is 19.0. The Bertz CT molecular complexity index is 847.